The largest absolute Gasteiger partial charge is 0.496 e. The van der Waals surface area contributed by atoms with Crippen molar-refractivity contribution < 1.29 is 4.74 Å². The fraction of sp³-hybridized carbons (Fsp3) is 0.500. The first kappa shape index (κ1) is 13.5. The molecule has 1 atom stereocenters. The Labute approximate surface area is 105 Å². The highest BCUT2D eigenvalue weighted by atomic mass is 79.9. The van der Waals surface area contributed by atoms with Gasteiger partial charge in [-0.2, -0.15) is 0 Å². The first-order valence-electron chi connectivity index (χ1n) is 5.37. The van der Waals surface area contributed by atoms with E-state index in [1.807, 2.05) is 12.1 Å². The predicted molar refractivity (Wildman–Crippen MR) is 70.7 cm³/mol. The van der Waals surface area contributed by atoms with Crippen LogP contribution in [0.15, 0.2) is 22.7 Å². The second-order valence-corrected chi connectivity index (χ2v) is 4.82. The Morgan fingerprint density at radius 2 is 1.94 bits per heavy atom. The van der Waals surface area contributed by atoms with Crippen LogP contribution in [0.3, 0.4) is 0 Å². The number of nitrogens with two attached hydrogens (primary N) is 2. The SMILES string of the molecule is COc1ccc(Br)cc1C(C)C(CN)CN. The standard InChI is InChI=1S/C12H19BrN2O/c1-8(9(6-14)7-15)11-5-10(13)3-4-12(11)16-2/h3-5,8-9H,6-7,14-15H2,1-2H3. The Bertz CT molecular complexity index is 340. The van der Waals surface area contributed by atoms with Gasteiger partial charge in [0, 0.05) is 4.47 Å². The van der Waals surface area contributed by atoms with Gasteiger partial charge in [0.1, 0.15) is 5.75 Å². The lowest BCUT2D eigenvalue weighted by molar-refractivity contribution is 0.391. The summed E-state index contributed by atoms with van der Waals surface area (Å²) in [5.41, 5.74) is 12.6. The molecule has 4 N–H and O–H groups in total. The number of ether oxygens (including phenoxy) is 1. The molecule has 0 aliphatic heterocycles. The van der Waals surface area contributed by atoms with Crippen LogP contribution in [0.25, 0.3) is 0 Å². The Morgan fingerprint density at radius 1 is 1.31 bits per heavy atom. The predicted octanol–water partition coefficient (Wildman–Crippen LogP) is 2.09. The van der Waals surface area contributed by atoms with E-state index in [9.17, 15) is 0 Å². The highest BCUT2D eigenvalue weighted by Crippen LogP contribution is 2.33. The monoisotopic (exact) mass is 286 g/mol. The molecule has 0 amide bonds. The molecule has 0 heterocycles. The zero-order valence-electron chi connectivity index (χ0n) is 9.74. The summed E-state index contributed by atoms with van der Waals surface area (Å²) in [5.74, 6) is 1.47. The number of benzene rings is 1. The fourth-order valence-electron chi connectivity index (χ4n) is 1.82. The van der Waals surface area contributed by atoms with Gasteiger partial charge in [0.25, 0.3) is 0 Å². The van der Waals surface area contributed by atoms with E-state index in [1.165, 1.54) is 0 Å². The second kappa shape index (κ2) is 6.23. The molecule has 90 valence electrons. The van der Waals surface area contributed by atoms with Gasteiger partial charge in [-0.25, -0.2) is 0 Å². The normalized spacial score (nSPS) is 12.9. The molecule has 0 radical (unpaired) electrons. The minimum Gasteiger partial charge on any atom is -0.496 e. The van der Waals surface area contributed by atoms with Crippen molar-refractivity contribution in [1.82, 2.24) is 0 Å². The molecule has 4 heteroatoms. The first-order chi connectivity index (χ1) is 7.63. The first-order valence-corrected chi connectivity index (χ1v) is 6.16. The summed E-state index contributed by atoms with van der Waals surface area (Å²) in [5, 5.41) is 0. The number of rotatable bonds is 5. The van der Waals surface area contributed by atoms with E-state index in [0.717, 1.165) is 15.8 Å². The van der Waals surface area contributed by atoms with Crippen LogP contribution in [0, 0.1) is 5.92 Å². The van der Waals surface area contributed by atoms with Gasteiger partial charge in [-0.1, -0.05) is 22.9 Å². The fourth-order valence-corrected chi connectivity index (χ4v) is 2.20. The molecule has 16 heavy (non-hydrogen) atoms. The minimum atomic E-state index is 0.281. The third kappa shape index (κ3) is 2.97. The molecule has 1 aromatic carbocycles. The van der Waals surface area contributed by atoms with Crippen LogP contribution in [0.5, 0.6) is 5.75 Å². The molecule has 0 aliphatic carbocycles. The van der Waals surface area contributed by atoms with Gasteiger partial charge in [0.2, 0.25) is 0 Å². The quantitative estimate of drug-likeness (QED) is 0.871. The highest BCUT2D eigenvalue weighted by Gasteiger charge is 2.19. The molecule has 0 fully saturated rings. The van der Waals surface area contributed by atoms with Crippen LogP contribution in [0.1, 0.15) is 18.4 Å². The van der Waals surface area contributed by atoms with Gasteiger partial charge in [0.05, 0.1) is 7.11 Å². The van der Waals surface area contributed by atoms with Crippen LogP contribution >= 0.6 is 15.9 Å². The summed E-state index contributed by atoms with van der Waals surface area (Å²) < 4.78 is 6.40. The summed E-state index contributed by atoms with van der Waals surface area (Å²) >= 11 is 3.47. The van der Waals surface area contributed by atoms with Crippen molar-refractivity contribution in [1.29, 1.82) is 0 Å². The molecule has 0 saturated heterocycles. The molecule has 3 nitrogen and oxygen atoms in total. The van der Waals surface area contributed by atoms with E-state index in [-0.39, 0.29) is 5.92 Å². The molecule has 0 aliphatic rings. The van der Waals surface area contributed by atoms with Crippen molar-refractivity contribution in [3.8, 4) is 5.75 Å². The van der Waals surface area contributed by atoms with Gasteiger partial charge < -0.3 is 16.2 Å². The Morgan fingerprint density at radius 3 is 2.44 bits per heavy atom. The number of hydrogen-bond acceptors (Lipinski definition) is 3. The third-order valence-corrected chi connectivity index (χ3v) is 3.49. The zero-order chi connectivity index (χ0) is 12.1. The summed E-state index contributed by atoms with van der Waals surface area (Å²) in [7, 11) is 1.68. The van der Waals surface area contributed by atoms with E-state index in [0.29, 0.717) is 19.0 Å². The molecule has 0 spiro atoms. The van der Waals surface area contributed by atoms with E-state index in [2.05, 4.69) is 28.9 Å². The maximum absolute atomic E-state index is 5.72. The highest BCUT2D eigenvalue weighted by molar-refractivity contribution is 9.10. The van der Waals surface area contributed by atoms with Gasteiger partial charge in [0.15, 0.2) is 0 Å². The summed E-state index contributed by atoms with van der Waals surface area (Å²) in [6, 6.07) is 6.00. The maximum atomic E-state index is 5.72. The van der Waals surface area contributed by atoms with Crippen LogP contribution in [0.4, 0.5) is 0 Å². The van der Waals surface area contributed by atoms with Crippen LogP contribution in [0.2, 0.25) is 0 Å². The number of hydrogen-bond donors (Lipinski definition) is 2. The molecule has 1 aromatic rings. The van der Waals surface area contributed by atoms with Crippen molar-refractivity contribution in [3.05, 3.63) is 28.2 Å². The van der Waals surface area contributed by atoms with Crippen molar-refractivity contribution >= 4 is 15.9 Å². The molecule has 1 unspecified atom stereocenters. The minimum absolute atomic E-state index is 0.281. The zero-order valence-corrected chi connectivity index (χ0v) is 11.3. The lowest BCUT2D eigenvalue weighted by Crippen LogP contribution is -2.28. The number of halogens is 1. The molecule has 0 bridgehead atoms. The molecule has 0 saturated carbocycles. The van der Waals surface area contributed by atoms with Crippen LogP contribution in [-0.4, -0.2) is 20.2 Å². The van der Waals surface area contributed by atoms with E-state index >= 15 is 0 Å². The van der Waals surface area contributed by atoms with Crippen molar-refractivity contribution in [2.45, 2.75) is 12.8 Å². The van der Waals surface area contributed by atoms with Crippen LogP contribution < -0.4 is 16.2 Å². The number of methoxy groups -OCH3 is 1. The molecular formula is C12H19BrN2O. The second-order valence-electron chi connectivity index (χ2n) is 3.91. The van der Waals surface area contributed by atoms with Crippen molar-refractivity contribution in [3.63, 3.8) is 0 Å². The van der Waals surface area contributed by atoms with E-state index < -0.39 is 0 Å². The molecular weight excluding hydrogens is 268 g/mol. The summed E-state index contributed by atoms with van der Waals surface area (Å²) in [6.07, 6.45) is 0. The van der Waals surface area contributed by atoms with Crippen LogP contribution in [-0.2, 0) is 0 Å². The van der Waals surface area contributed by atoms with Crippen molar-refractivity contribution in [2.75, 3.05) is 20.2 Å². The molecule has 1 rings (SSSR count). The average Bonchev–Trinajstić information content (AvgIpc) is 2.30. The summed E-state index contributed by atoms with van der Waals surface area (Å²) in [6.45, 7) is 3.31. The lowest BCUT2D eigenvalue weighted by atomic mass is 9.87. The molecule has 0 aromatic heterocycles. The summed E-state index contributed by atoms with van der Waals surface area (Å²) in [4.78, 5) is 0. The van der Waals surface area contributed by atoms with Gasteiger partial charge in [-0.15, -0.1) is 0 Å². The lowest BCUT2D eigenvalue weighted by Gasteiger charge is -2.23. The van der Waals surface area contributed by atoms with E-state index in [1.54, 1.807) is 7.11 Å². The smallest absolute Gasteiger partial charge is 0.122 e. The Hall–Kier alpha value is -0.580. The topological polar surface area (TPSA) is 61.3 Å². The van der Waals surface area contributed by atoms with Crippen molar-refractivity contribution in [2.24, 2.45) is 17.4 Å². The Kier molecular flexibility index (Phi) is 5.25. The third-order valence-electron chi connectivity index (χ3n) is 2.99. The average molecular weight is 287 g/mol. The van der Waals surface area contributed by atoms with E-state index in [4.69, 9.17) is 16.2 Å². The maximum Gasteiger partial charge on any atom is 0.122 e. The van der Waals surface area contributed by atoms with Gasteiger partial charge >= 0.3 is 0 Å². The van der Waals surface area contributed by atoms with Gasteiger partial charge in [-0.3, -0.25) is 0 Å². The van der Waals surface area contributed by atoms with Gasteiger partial charge in [-0.05, 0) is 48.7 Å². The Balaban J connectivity index is 3.04.